The Kier molecular flexibility index (Phi) is 5.61. The lowest BCUT2D eigenvalue weighted by Crippen LogP contribution is -2.31. The van der Waals surface area contributed by atoms with Crippen molar-refractivity contribution in [3.63, 3.8) is 0 Å². The quantitative estimate of drug-likeness (QED) is 0.593. The molecule has 1 aliphatic rings. The van der Waals surface area contributed by atoms with Crippen molar-refractivity contribution >= 4 is 18.1 Å². The van der Waals surface area contributed by atoms with Crippen molar-refractivity contribution in [1.82, 2.24) is 15.6 Å². The average Bonchev–Trinajstić information content (AvgIpc) is 2.67. The number of carbonyl (C=O) groups is 2. The third-order valence-corrected chi connectivity index (χ3v) is 4.33. The summed E-state index contributed by atoms with van der Waals surface area (Å²) in [5.41, 5.74) is 3.30. The molecule has 0 atom stereocenters. The number of aromatic nitrogens is 1. The van der Waals surface area contributed by atoms with E-state index in [4.69, 9.17) is 0 Å². The summed E-state index contributed by atoms with van der Waals surface area (Å²) in [6.07, 6.45) is 4.02. The molecule has 0 bridgehead atoms. The van der Waals surface area contributed by atoms with Crippen LogP contribution in [0, 0.1) is 0 Å². The number of amides is 2. The maximum Gasteiger partial charge on any atom is 0.251 e. The molecule has 1 aliphatic heterocycles. The minimum absolute atomic E-state index is 0.118. The van der Waals surface area contributed by atoms with E-state index in [0.29, 0.717) is 31.5 Å². The van der Waals surface area contributed by atoms with Crippen molar-refractivity contribution in [2.45, 2.75) is 19.4 Å². The summed E-state index contributed by atoms with van der Waals surface area (Å²) < 4.78 is 0. The Balaban J connectivity index is 1.62. The molecule has 2 heterocycles. The molecule has 2 N–H and O–H groups in total. The zero-order chi connectivity index (χ0) is 17.5. The smallest absolute Gasteiger partial charge is 0.251 e. The number of fused-ring (bicyclic) bond motifs is 1. The van der Waals surface area contributed by atoms with E-state index >= 15 is 0 Å². The van der Waals surface area contributed by atoms with Gasteiger partial charge in [-0.1, -0.05) is 24.3 Å². The molecule has 0 unspecified atom stereocenters. The van der Waals surface area contributed by atoms with Gasteiger partial charge in [-0.15, -0.1) is 0 Å². The summed E-state index contributed by atoms with van der Waals surface area (Å²) in [6, 6.07) is 12.0. The van der Waals surface area contributed by atoms with Gasteiger partial charge in [0.1, 0.15) is 5.82 Å². The van der Waals surface area contributed by atoms with Crippen LogP contribution in [0.2, 0.25) is 0 Å². The molecule has 0 aliphatic carbocycles. The van der Waals surface area contributed by atoms with E-state index in [1.54, 1.807) is 12.3 Å². The zero-order valence-corrected chi connectivity index (χ0v) is 14.1. The minimum atomic E-state index is -0.118. The lowest BCUT2D eigenvalue weighted by molar-refractivity contribution is -0.109. The summed E-state index contributed by atoms with van der Waals surface area (Å²) >= 11 is 0. The van der Waals surface area contributed by atoms with Gasteiger partial charge in [0.2, 0.25) is 6.41 Å². The molecule has 1 aromatic carbocycles. The Morgan fingerprint density at radius 3 is 2.88 bits per heavy atom. The first kappa shape index (κ1) is 17.0. The van der Waals surface area contributed by atoms with Gasteiger partial charge in [-0.05, 0) is 36.1 Å². The Labute approximate surface area is 147 Å². The summed E-state index contributed by atoms with van der Waals surface area (Å²) in [7, 11) is 0. The summed E-state index contributed by atoms with van der Waals surface area (Å²) in [5.74, 6) is 0.705. The van der Waals surface area contributed by atoms with Gasteiger partial charge in [-0.3, -0.25) is 9.59 Å². The first-order valence-electron chi connectivity index (χ1n) is 8.51. The molecule has 0 saturated carbocycles. The van der Waals surface area contributed by atoms with Gasteiger partial charge < -0.3 is 15.5 Å². The third kappa shape index (κ3) is 4.35. The monoisotopic (exact) mass is 338 g/mol. The van der Waals surface area contributed by atoms with Crippen molar-refractivity contribution in [3.05, 3.63) is 59.3 Å². The largest absolute Gasteiger partial charge is 0.359 e. The molecular weight excluding hydrogens is 316 g/mol. The molecule has 3 rings (SSSR count). The summed E-state index contributed by atoms with van der Waals surface area (Å²) in [4.78, 5) is 29.1. The SMILES string of the molecule is O=CNCCCNC(=O)c1ccnc(N2CCc3ccccc3C2)c1. The van der Waals surface area contributed by atoms with Crippen LogP contribution in [0.15, 0.2) is 42.6 Å². The van der Waals surface area contributed by atoms with Crippen molar-refractivity contribution in [3.8, 4) is 0 Å². The lowest BCUT2D eigenvalue weighted by Gasteiger charge is -2.29. The number of rotatable bonds is 7. The van der Waals surface area contributed by atoms with Crippen LogP contribution in [-0.4, -0.2) is 36.9 Å². The number of anilines is 1. The molecule has 2 amide bonds. The number of nitrogens with zero attached hydrogens (tertiary/aromatic N) is 2. The summed E-state index contributed by atoms with van der Waals surface area (Å²) in [5, 5.41) is 5.44. The molecular formula is C19H22N4O2. The fraction of sp³-hybridized carbons (Fsp3) is 0.316. The maximum atomic E-state index is 12.3. The highest BCUT2D eigenvalue weighted by molar-refractivity contribution is 5.94. The fourth-order valence-corrected chi connectivity index (χ4v) is 2.98. The van der Waals surface area contributed by atoms with Crippen LogP contribution in [-0.2, 0) is 17.8 Å². The number of pyridine rings is 1. The Bertz CT molecular complexity index is 748. The van der Waals surface area contributed by atoms with E-state index in [9.17, 15) is 9.59 Å². The molecule has 6 heteroatoms. The molecule has 1 aromatic heterocycles. The van der Waals surface area contributed by atoms with Crippen molar-refractivity contribution in [2.24, 2.45) is 0 Å². The topological polar surface area (TPSA) is 74.3 Å². The predicted molar refractivity (Wildman–Crippen MR) is 96.4 cm³/mol. The van der Waals surface area contributed by atoms with Crippen molar-refractivity contribution in [2.75, 3.05) is 24.5 Å². The standard InChI is InChI=1S/C19H22N4O2/c24-14-20-8-3-9-22-19(25)16-6-10-21-18(12-16)23-11-7-15-4-1-2-5-17(15)13-23/h1-2,4-6,10,12,14H,3,7-9,11,13H2,(H,20,24)(H,22,25). The van der Waals surface area contributed by atoms with E-state index < -0.39 is 0 Å². The van der Waals surface area contributed by atoms with Gasteiger partial charge >= 0.3 is 0 Å². The van der Waals surface area contributed by atoms with E-state index in [-0.39, 0.29) is 5.91 Å². The third-order valence-electron chi connectivity index (χ3n) is 4.33. The highest BCUT2D eigenvalue weighted by atomic mass is 16.1. The van der Waals surface area contributed by atoms with Crippen LogP contribution in [0.5, 0.6) is 0 Å². The first-order valence-corrected chi connectivity index (χ1v) is 8.51. The maximum absolute atomic E-state index is 12.3. The van der Waals surface area contributed by atoms with Crippen LogP contribution in [0.1, 0.15) is 27.9 Å². The highest BCUT2D eigenvalue weighted by Crippen LogP contribution is 2.23. The summed E-state index contributed by atoms with van der Waals surface area (Å²) in [6.45, 7) is 2.78. The lowest BCUT2D eigenvalue weighted by atomic mass is 10.00. The molecule has 130 valence electrons. The van der Waals surface area contributed by atoms with Crippen LogP contribution in [0.4, 0.5) is 5.82 Å². The van der Waals surface area contributed by atoms with Gasteiger partial charge in [0.15, 0.2) is 0 Å². The second kappa shape index (κ2) is 8.28. The van der Waals surface area contributed by atoms with E-state index in [0.717, 1.165) is 25.3 Å². The molecule has 25 heavy (non-hydrogen) atoms. The second-order valence-corrected chi connectivity index (χ2v) is 6.02. The van der Waals surface area contributed by atoms with E-state index in [2.05, 4.69) is 44.8 Å². The highest BCUT2D eigenvalue weighted by Gasteiger charge is 2.18. The molecule has 0 spiro atoms. The number of nitrogens with one attached hydrogen (secondary N) is 2. The Hall–Kier alpha value is -2.89. The van der Waals surface area contributed by atoms with Gasteiger partial charge in [-0.25, -0.2) is 4.98 Å². The van der Waals surface area contributed by atoms with Crippen LogP contribution >= 0.6 is 0 Å². The van der Waals surface area contributed by atoms with Crippen LogP contribution in [0.25, 0.3) is 0 Å². The van der Waals surface area contributed by atoms with Gasteiger partial charge in [-0.2, -0.15) is 0 Å². The normalized spacial score (nSPS) is 13.0. The number of hydrogen-bond donors (Lipinski definition) is 2. The van der Waals surface area contributed by atoms with Crippen LogP contribution < -0.4 is 15.5 Å². The molecule has 0 saturated heterocycles. The van der Waals surface area contributed by atoms with Crippen molar-refractivity contribution < 1.29 is 9.59 Å². The van der Waals surface area contributed by atoms with E-state index in [1.807, 2.05) is 6.07 Å². The molecule has 0 radical (unpaired) electrons. The van der Waals surface area contributed by atoms with Gasteiger partial charge in [0.05, 0.1) is 0 Å². The number of hydrogen-bond acceptors (Lipinski definition) is 4. The van der Waals surface area contributed by atoms with Gasteiger partial charge in [0, 0.05) is 37.9 Å². The predicted octanol–water partition coefficient (Wildman–Crippen LogP) is 1.51. The van der Waals surface area contributed by atoms with Gasteiger partial charge in [0.25, 0.3) is 5.91 Å². The first-order chi connectivity index (χ1) is 12.3. The minimum Gasteiger partial charge on any atom is -0.359 e. The molecule has 6 nitrogen and oxygen atoms in total. The second-order valence-electron chi connectivity index (χ2n) is 6.02. The fourth-order valence-electron chi connectivity index (χ4n) is 2.98. The zero-order valence-electron chi connectivity index (χ0n) is 14.1. The average molecular weight is 338 g/mol. The number of carbonyl (C=O) groups excluding carboxylic acids is 2. The van der Waals surface area contributed by atoms with Crippen molar-refractivity contribution in [1.29, 1.82) is 0 Å². The van der Waals surface area contributed by atoms with E-state index in [1.165, 1.54) is 11.1 Å². The molecule has 0 fully saturated rings. The van der Waals surface area contributed by atoms with Crippen LogP contribution in [0.3, 0.4) is 0 Å². The molecule has 2 aromatic rings. The Morgan fingerprint density at radius 2 is 2.04 bits per heavy atom. The Morgan fingerprint density at radius 1 is 1.20 bits per heavy atom. The number of benzene rings is 1.